The highest BCUT2D eigenvalue weighted by molar-refractivity contribution is 4.91. The van der Waals surface area contributed by atoms with Gasteiger partial charge in [-0.1, -0.05) is 26.2 Å². The Hall–Kier alpha value is -0.0800. The van der Waals surface area contributed by atoms with Crippen molar-refractivity contribution in [3.63, 3.8) is 0 Å². The van der Waals surface area contributed by atoms with Crippen LogP contribution >= 0.6 is 0 Å². The molecule has 1 N–H and O–H groups in total. The minimum Gasteiger partial charge on any atom is -0.313 e. The SMILES string of the molecule is CCC1CCNC(CN2CCC3(CCCC3)CC2)C1. The molecule has 2 heterocycles. The lowest BCUT2D eigenvalue weighted by molar-refractivity contribution is 0.0933. The van der Waals surface area contributed by atoms with E-state index < -0.39 is 0 Å². The van der Waals surface area contributed by atoms with Crippen LogP contribution in [-0.2, 0) is 0 Å². The van der Waals surface area contributed by atoms with Crippen LogP contribution < -0.4 is 5.32 Å². The number of nitrogens with one attached hydrogen (secondary N) is 1. The Bertz CT molecular complexity index is 273. The van der Waals surface area contributed by atoms with Gasteiger partial charge in [-0.3, -0.25) is 0 Å². The minimum absolute atomic E-state index is 0.774. The molecule has 0 radical (unpaired) electrons. The molecule has 2 saturated heterocycles. The van der Waals surface area contributed by atoms with Gasteiger partial charge in [-0.15, -0.1) is 0 Å². The molecule has 1 aliphatic carbocycles. The van der Waals surface area contributed by atoms with Crippen LogP contribution in [0.5, 0.6) is 0 Å². The van der Waals surface area contributed by atoms with Gasteiger partial charge in [-0.2, -0.15) is 0 Å². The average Bonchev–Trinajstić information content (AvgIpc) is 2.90. The van der Waals surface area contributed by atoms with Gasteiger partial charge in [-0.05, 0) is 69.5 Å². The first kappa shape index (κ1) is 13.9. The summed E-state index contributed by atoms with van der Waals surface area (Å²) in [5.41, 5.74) is 0.780. The van der Waals surface area contributed by atoms with Crippen molar-refractivity contribution in [1.29, 1.82) is 0 Å². The molecule has 1 spiro atoms. The van der Waals surface area contributed by atoms with E-state index in [0.29, 0.717) is 0 Å². The van der Waals surface area contributed by atoms with Gasteiger partial charge in [-0.25, -0.2) is 0 Å². The Morgan fingerprint density at radius 2 is 1.84 bits per heavy atom. The van der Waals surface area contributed by atoms with Crippen LogP contribution in [0.2, 0.25) is 0 Å². The van der Waals surface area contributed by atoms with Crippen LogP contribution in [-0.4, -0.2) is 37.1 Å². The summed E-state index contributed by atoms with van der Waals surface area (Å²) in [5.74, 6) is 0.984. The lowest BCUT2D eigenvalue weighted by Gasteiger charge is -2.41. The Labute approximate surface area is 119 Å². The maximum atomic E-state index is 3.75. The first-order valence-electron chi connectivity index (χ1n) is 8.75. The number of hydrogen-bond donors (Lipinski definition) is 1. The fourth-order valence-electron chi connectivity index (χ4n) is 4.75. The summed E-state index contributed by atoms with van der Waals surface area (Å²) in [6, 6.07) is 0.774. The van der Waals surface area contributed by atoms with Gasteiger partial charge in [0.15, 0.2) is 0 Å². The lowest BCUT2D eigenvalue weighted by Crippen LogP contribution is -2.49. The average molecular weight is 264 g/mol. The summed E-state index contributed by atoms with van der Waals surface area (Å²) in [4.78, 5) is 2.75. The monoisotopic (exact) mass is 264 g/mol. The first-order chi connectivity index (χ1) is 9.30. The largest absolute Gasteiger partial charge is 0.313 e. The van der Waals surface area contributed by atoms with Crippen molar-refractivity contribution in [2.24, 2.45) is 11.3 Å². The molecule has 0 bridgehead atoms. The van der Waals surface area contributed by atoms with Gasteiger partial charge < -0.3 is 10.2 Å². The minimum atomic E-state index is 0.774. The molecule has 3 fully saturated rings. The van der Waals surface area contributed by atoms with Crippen LogP contribution in [0.25, 0.3) is 0 Å². The van der Waals surface area contributed by atoms with Crippen molar-refractivity contribution >= 4 is 0 Å². The molecule has 0 aromatic heterocycles. The molecule has 2 atom stereocenters. The Morgan fingerprint density at radius 1 is 1.11 bits per heavy atom. The van der Waals surface area contributed by atoms with Crippen molar-refractivity contribution in [3.05, 3.63) is 0 Å². The van der Waals surface area contributed by atoms with Gasteiger partial charge in [0.1, 0.15) is 0 Å². The predicted octanol–water partition coefficient (Wildman–Crippen LogP) is 3.42. The molecule has 2 nitrogen and oxygen atoms in total. The molecule has 2 unspecified atom stereocenters. The molecule has 2 aliphatic heterocycles. The first-order valence-corrected chi connectivity index (χ1v) is 8.75. The molecular weight excluding hydrogens is 232 g/mol. The van der Waals surface area contributed by atoms with Crippen LogP contribution in [0.3, 0.4) is 0 Å². The topological polar surface area (TPSA) is 15.3 Å². The molecule has 0 amide bonds. The van der Waals surface area contributed by atoms with Gasteiger partial charge >= 0.3 is 0 Å². The normalized spacial score (nSPS) is 35.8. The van der Waals surface area contributed by atoms with Crippen molar-refractivity contribution < 1.29 is 0 Å². The van der Waals surface area contributed by atoms with E-state index in [0.717, 1.165) is 17.4 Å². The summed E-state index contributed by atoms with van der Waals surface area (Å²) in [5, 5.41) is 3.75. The summed E-state index contributed by atoms with van der Waals surface area (Å²) < 4.78 is 0. The highest BCUT2D eigenvalue weighted by Crippen LogP contribution is 2.46. The molecule has 110 valence electrons. The van der Waals surface area contributed by atoms with Gasteiger partial charge in [0.25, 0.3) is 0 Å². The van der Waals surface area contributed by atoms with Crippen LogP contribution in [0.1, 0.15) is 64.7 Å². The van der Waals surface area contributed by atoms with Crippen LogP contribution in [0.15, 0.2) is 0 Å². The number of rotatable bonds is 3. The summed E-state index contributed by atoms with van der Waals surface area (Å²) in [6.45, 7) is 7.66. The van der Waals surface area contributed by atoms with Crippen molar-refractivity contribution in [3.8, 4) is 0 Å². The summed E-state index contributed by atoms with van der Waals surface area (Å²) in [7, 11) is 0. The van der Waals surface area contributed by atoms with E-state index in [4.69, 9.17) is 0 Å². The fourth-order valence-corrected chi connectivity index (χ4v) is 4.75. The van der Waals surface area contributed by atoms with E-state index in [9.17, 15) is 0 Å². The third-order valence-electron chi connectivity index (χ3n) is 6.24. The van der Waals surface area contributed by atoms with E-state index >= 15 is 0 Å². The van der Waals surface area contributed by atoms with Crippen LogP contribution in [0.4, 0.5) is 0 Å². The molecule has 1 saturated carbocycles. The Balaban J connectivity index is 1.44. The molecule has 0 aromatic rings. The van der Waals surface area contributed by atoms with Gasteiger partial charge in [0, 0.05) is 12.6 Å². The standard InChI is InChI=1S/C17H32N2/c1-2-15-5-10-18-16(13-15)14-19-11-8-17(9-12-19)6-3-4-7-17/h15-16,18H,2-14H2,1H3. The molecule has 19 heavy (non-hydrogen) atoms. The second-order valence-corrected chi connectivity index (χ2v) is 7.46. The predicted molar refractivity (Wildman–Crippen MR) is 81.4 cm³/mol. The molecule has 3 rings (SSSR count). The van der Waals surface area contributed by atoms with E-state index in [1.807, 2.05) is 0 Å². The highest BCUT2D eigenvalue weighted by atomic mass is 15.2. The molecule has 3 aliphatic rings. The third-order valence-corrected chi connectivity index (χ3v) is 6.24. The van der Waals surface area contributed by atoms with Crippen LogP contribution in [0, 0.1) is 11.3 Å². The van der Waals surface area contributed by atoms with E-state index in [1.165, 1.54) is 84.0 Å². The van der Waals surface area contributed by atoms with Crippen molar-refractivity contribution in [2.75, 3.05) is 26.2 Å². The molecular formula is C17H32N2. The summed E-state index contributed by atoms with van der Waals surface area (Å²) in [6.07, 6.45) is 13.2. The highest BCUT2D eigenvalue weighted by Gasteiger charge is 2.37. The molecule has 0 aromatic carbocycles. The second-order valence-electron chi connectivity index (χ2n) is 7.46. The van der Waals surface area contributed by atoms with Crippen molar-refractivity contribution in [1.82, 2.24) is 10.2 Å². The quantitative estimate of drug-likeness (QED) is 0.840. The summed E-state index contributed by atoms with van der Waals surface area (Å²) >= 11 is 0. The van der Waals surface area contributed by atoms with E-state index in [-0.39, 0.29) is 0 Å². The number of nitrogens with zero attached hydrogens (tertiary/aromatic N) is 1. The maximum absolute atomic E-state index is 3.75. The van der Waals surface area contributed by atoms with Crippen molar-refractivity contribution in [2.45, 2.75) is 70.8 Å². The smallest absolute Gasteiger partial charge is 0.0197 e. The zero-order chi connectivity index (χ0) is 13.1. The fraction of sp³-hybridized carbons (Fsp3) is 1.00. The van der Waals surface area contributed by atoms with Gasteiger partial charge in [0.2, 0.25) is 0 Å². The maximum Gasteiger partial charge on any atom is 0.0197 e. The zero-order valence-electron chi connectivity index (χ0n) is 12.8. The lowest BCUT2D eigenvalue weighted by atomic mass is 9.77. The van der Waals surface area contributed by atoms with E-state index in [1.54, 1.807) is 0 Å². The Kier molecular flexibility index (Phi) is 4.48. The number of likely N-dealkylation sites (tertiary alicyclic amines) is 1. The number of piperidine rings is 2. The zero-order valence-corrected chi connectivity index (χ0v) is 12.8. The van der Waals surface area contributed by atoms with E-state index in [2.05, 4.69) is 17.1 Å². The second kappa shape index (κ2) is 6.13. The molecule has 2 heteroatoms. The number of hydrogen-bond acceptors (Lipinski definition) is 2. The third kappa shape index (κ3) is 3.33. The Morgan fingerprint density at radius 3 is 2.53 bits per heavy atom. The van der Waals surface area contributed by atoms with Gasteiger partial charge in [0.05, 0.1) is 0 Å².